The highest BCUT2D eigenvalue weighted by molar-refractivity contribution is 5.95. The van der Waals surface area contributed by atoms with E-state index in [1.54, 1.807) is 45.0 Å². The zero-order chi connectivity index (χ0) is 20.6. The smallest absolute Gasteiger partial charge is 0.412 e. The minimum atomic E-state index is -0.564. The van der Waals surface area contributed by atoms with E-state index in [0.29, 0.717) is 31.0 Å². The highest BCUT2D eigenvalue weighted by Crippen LogP contribution is 2.13. The fourth-order valence-electron chi connectivity index (χ4n) is 2.38. The number of amides is 2. The van der Waals surface area contributed by atoms with Crippen LogP contribution in [0.3, 0.4) is 0 Å². The van der Waals surface area contributed by atoms with Crippen LogP contribution in [0.2, 0.25) is 0 Å². The maximum Gasteiger partial charge on any atom is 0.412 e. The second-order valence-electron chi connectivity index (χ2n) is 7.34. The summed E-state index contributed by atoms with van der Waals surface area (Å²) in [4.78, 5) is 24.1. The standard InChI is InChI=1S/C22H28N2O4/c1-5-27-15-17-8-6-16(7-9-17)14-23-20(25)18-10-12-19(13-11-18)24-21(26)28-22(2,3)4/h6-13H,5,14-15H2,1-4H3,(H,23,25)(H,24,26). The summed E-state index contributed by atoms with van der Waals surface area (Å²) in [5, 5.41) is 5.53. The fraction of sp³-hybridized carbons (Fsp3) is 0.364. The zero-order valence-electron chi connectivity index (χ0n) is 16.9. The predicted octanol–water partition coefficient (Wildman–Crippen LogP) is 4.50. The fourth-order valence-corrected chi connectivity index (χ4v) is 2.38. The molecule has 0 aliphatic heterocycles. The summed E-state index contributed by atoms with van der Waals surface area (Å²) in [6, 6.07) is 14.6. The average Bonchev–Trinajstić information content (AvgIpc) is 2.64. The average molecular weight is 384 g/mol. The Morgan fingerprint density at radius 2 is 1.54 bits per heavy atom. The molecule has 6 heteroatoms. The van der Waals surface area contributed by atoms with Gasteiger partial charge >= 0.3 is 6.09 Å². The van der Waals surface area contributed by atoms with Crippen LogP contribution in [0.25, 0.3) is 0 Å². The van der Waals surface area contributed by atoms with Gasteiger partial charge in [-0.1, -0.05) is 24.3 Å². The van der Waals surface area contributed by atoms with Gasteiger partial charge in [0.2, 0.25) is 0 Å². The number of nitrogens with one attached hydrogen (secondary N) is 2. The largest absolute Gasteiger partial charge is 0.444 e. The van der Waals surface area contributed by atoms with Gasteiger partial charge in [-0.05, 0) is 63.1 Å². The molecule has 0 saturated heterocycles. The number of benzene rings is 2. The van der Waals surface area contributed by atoms with Gasteiger partial charge in [0, 0.05) is 24.4 Å². The molecule has 0 aliphatic carbocycles. The Morgan fingerprint density at radius 3 is 2.11 bits per heavy atom. The SMILES string of the molecule is CCOCc1ccc(CNC(=O)c2ccc(NC(=O)OC(C)(C)C)cc2)cc1. The van der Waals surface area contributed by atoms with Crippen LogP contribution in [0.5, 0.6) is 0 Å². The second-order valence-corrected chi connectivity index (χ2v) is 7.34. The lowest BCUT2D eigenvalue weighted by atomic mass is 10.1. The first-order valence-electron chi connectivity index (χ1n) is 9.30. The van der Waals surface area contributed by atoms with Crippen molar-refractivity contribution in [3.05, 3.63) is 65.2 Å². The Labute approximate surface area is 166 Å². The van der Waals surface area contributed by atoms with Crippen molar-refractivity contribution in [2.75, 3.05) is 11.9 Å². The third-order valence-corrected chi connectivity index (χ3v) is 3.74. The number of carbonyl (C=O) groups is 2. The Morgan fingerprint density at radius 1 is 0.929 bits per heavy atom. The molecule has 0 radical (unpaired) electrons. The van der Waals surface area contributed by atoms with Crippen LogP contribution in [0, 0.1) is 0 Å². The van der Waals surface area contributed by atoms with E-state index in [9.17, 15) is 9.59 Å². The summed E-state index contributed by atoms with van der Waals surface area (Å²) in [6.45, 7) is 9.07. The molecule has 0 heterocycles. The molecule has 0 saturated carbocycles. The van der Waals surface area contributed by atoms with Crippen molar-refractivity contribution in [2.24, 2.45) is 0 Å². The van der Waals surface area contributed by atoms with Gasteiger partial charge in [0.1, 0.15) is 5.60 Å². The summed E-state index contributed by atoms with van der Waals surface area (Å²) < 4.78 is 10.6. The van der Waals surface area contributed by atoms with Gasteiger partial charge in [0.05, 0.1) is 6.61 Å². The highest BCUT2D eigenvalue weighted by atomic mass is 16.6. The molecule has 2 aromatic carbocycles. The lowest BCUT2D eigenvalue weighted by Gasteiger charge is -2.19. The normalized spacial score (nSPS) is 11.0. The third-order valence-electron chi connectivity index (χ3n) is 3.74. The first-order chi connectivity index (χ1) is 13.3. The monoisotopic (exact) mass is 384 g/mol. The minimum Gasteiger partial charge on any atom is -0.444 e. The minimum absolute atomic E-state index is 0.179. The van der Waals surface area contributed by atoms with E-state index in [-0.39, 0.29) is 5.91 Å². The summed E-state index contributed by atoms with van der Waals surface area (Å²) in [5.74, 6) is -0.179. The number of anilines is 1. The van der Waals surface area contributed by atoms with E-state index in [1.165, 1.54) is 0 Å². The summed E-state index contributed by atoms with van der Waals surface area (Å²) in [6.07, 6.45) is -0.530. The number of rotatable bonds is 7. The van der Waals surface area contributed by atoms with Gasteiger partial charge in [-0.25, -0.2) is 4.79 Å². The van der Waals surface area contributed by atoms with Gasteiger partial charge < -0.3 is 14.8 Å². The molecule has 2 N–H and O–H groups in total. The quantitative estimate of drug-likeness (QED) is 0.737. The van der Waals surface area contributed by atoms with E-state index in [0.717, 1.165) is 11.1 Å². The molecule has 2 amide bonds. The van der Waals surface area contributed by atoms with Gasteiger partial charge in [-0.15, -0.1) is 0 Å². The van der Waals surface area contributed by atoms with Crippen molar-refractivity contribution in [1.82, 2.24) is 5.32 Å². The maximum atomic E-state index is 12.3. The van der Waals surface area contributed by atoms with Crippen molar-refractivity contribution >= 4 is 17.7 Å². The predicted molar refractivity (Wildman–Crippen MR) is 109 cm³/mol. The number of carbonyl (C=O) groups excluding carboxylic acids is 2. The number of hydrogen-bond donors (Lipinski definition) is 2. The molecule has 28 heavy (non-hydrogen) atoms. The lowest BCUT2D eigenvalue weighted by Crippen LogP contribution is -2.27. The van der Waals surface area contributed by atoms with Crippen molar-refractivity contribution in [3.8, 4) is 0 Å². The van der Waals surface area contributed by atoms with Crippen LogP contribution in [0.1, 0.15) is 49.2 Å². The van der Waals surface area contributed by atoms with E-state index in [4.69, 9.17) is 9.47 Å². The topological polar surface area (TPSA) is 76.7 Å². The van der Waals surface area contributed by atoms with Crippen LogP contribution in [0.15, 0.2) is 48.5 Å². The number of hydrogen-bond acceptors (Lipinski definition) is 4. The first-order valence-corrected chi connectivity index (χ1v) is 9.30. The van der Waals surface area contributed by atoms with Crippen LogP contribution >= 0.6 is 0 Å². The molecule has 0 atom stereocenters. The van der Waals surface area contributed by atoms with E-state index < -0.39 is 11.7 Å². The summed E-state index contributed by atoms with van der Waals surface area (Å²) in [7, 11) is 0. The molecular formula is C22H28N2O4. The van der Waals surface area contributed by atoms with Crippen LogP contribution in [0.4, 0.5) is 10.5 Å². The molecule has 0 aromatic heterocycles. The van der Waals surface area contributed by atoms with Gasteiger partial charge in [0.25, 0.3) is 5.91 Å². The molecule has 2 rings (SSSR count). The Bertz CT molecular complexity index is 778. The Hall–Kier alpha value is -2.86. The first kappa shape index (κ1) is 21.4. The second kappa shape index (κ2) is 9.90. The molecule has 2 aromatic rings. The molecule has 0 spiro atoms. The Balaban J connectivity index is 1.85. The van der Waals surface area contributed by atoms with Gasteiger partial charge in [-0.2, -0.15) is 0 Å². The lowest BCUT2D eigenvalue weighted by molar-refractivity contribution is 0.0635. The van der Waals surface area contributed by atoms with Crippen molar-refractivity contribution < 1.29 is 19.1 Å². The van der Waals surface area contributed by atoms with E-state index >= 15 is 0 Å². The maximum absolute atomic E-state index is 12.3. The molecule has 0 fully saturated rings. The van der Waals surface area contributed by atoms with E-state index in [2.05, 4.69) is 10.6 Å². The van der Waals surface area contributed by atoms with Gasteiger partial charge in [-0.3, -0.25) is 10.1 Å². The summed E-state index contributed by atoms with van der Waals surface area (Å²) >= 11 is 0. The molecule has 0 unspecified atom stereocenters. The Kier molecular flexibility index (Phi) is 7.58. The molecule has 150 valence electrons. The van der Waals surface area contributed by atoms with Crippen molar-refractivity contribution in [1.29, 1.82) is 0 Å². The highest BCUT2D eigenvalue weighted by Gasteiger charge is 2.16. The third kappa shape index (κ3) is 7.40. The van der Waals surface area contributed by atoms with Gasteiger partial charge in [0.15, 0.2) is 0 Å². The van der Waals surface area contributed by atoms with Crippen LogP contribution in [-0.2, 0) is 22.6 Å². The van der Waals surface area contributed by atoms with Crippen molar-refractivity contribution in [3.63, 3.8) is 0 Å². The summed E-state index contributed by atoms with van der Waals surface area (Å²) in [5.41, 5.74) is 2.63. The van der Waals surface area contributed by atoms with Crippen LogP contribution < -0.4 is 10.6 Å². The molecular weight excluding hydrogens is 356 g/mol. The molecule has 0 bridgehead atoms. The molecule has 0 aliphatic rings. The number of ether oxygens (including phenoxy) is 2. The van der Waals surface area contributed by atoms with E-state index in [1.807, 2.05) is 31.2 Å². The molecule has 6 nitrogen and oxygen atoms in total. The van der Waals surface area contributed by atoms with Crippen molar-refractivity contribution in [2.45, 2.75) is 46.4 Å². The van der Waals surface area contributed by atoms with Crippen LogP contribution in [-0.4, -0.2) is 24.2 Å². The zero-order valence-corrected chi connectivity index (χ0v) is 16.9.